The lowest BCUT2D eigenvalue weighted by molar-refractivity contribution is 0.0579. The zero-order chi connectivity index (χ0) is 17.1. The van der Waals surface area contributed by atoms with Gasteiger partial charge in [-0.3, -0.25) is 14.7 Å². The quantitative estimate of drug-likeness (QED) is 0.868. The van der Waals surface area contributed by atoms with E-state index in [1.165, 1.54) is 12.1 Å². The zero-order valence-corrected chi connectivity index (χ0v) is 13.5. The van der Waals surface area contributed by atoms with Crippen molar-refractivity contribution in [3.05, 3.63) is 65.5 Å². The zero-order valence-electron chi connectivity index (χ0n) is 13.5. The Labute approximate surface area is 139 Å². The molecular weight excluding hydrogens is 312 g/mol. The van der Waals surface area contributed by atoms with Crippen LogP contribution in [0.2, 0.25) is 0 Å². The average Bonchev–Trinajstić information content (AvgIpc) is 2.61. The average molecular weight is 331 g/mol. The monoisotopic (exact) mass is 331 g/mol. The van der Waals surface area contributed by atoms with Gasteiger partial charge in [0.15, 0.2) is 0 Å². The summed E-state index contributed by atoms with van der Waals surface area (Å²) in [5, 5.41) is 0. The number of piperazine rings is 1. The summed E-state index contributed by atoms with van der Waals surface area (Å²) in [4.78, 5) is 20.2. The number of benzene rings is 1. The van der Waals surface area contributed by atoms with Gasteiger partial charge in [-0.15, -0.1) is 0 Å². The van der Waals surface area contributed by atoms with Crippen LogP contribution in [0, 0.1) is 11.6 Å². The van der Waals surface area contributed by atoms with Gasteiger partial charge in [0.1, 0.15) is 11.6 Å². The van der Waals surface area contributed by atoms with Crippen LogP contribution in [0.1, 0.15) is 28.9 Å². The van der Waals surface area contributed by atoms with Gasteiger partial charge in [-0.05, 0) is 25.1 Å². The second-order valence-corrected chi connectivity index (χ2v) is 5.91. The number of carbonyl (C=O) groups excluding carboxylic acids is 1. The van der Waals surface area contributed by atoms with Crippen LogP contribution in [0.4, 0.5) is 8.78 Å². The lowest BCUT2D eigenvalue weighted by Gasteiger charge is -2.38. The SMILES string of the molecule is CC(c1ccc(F)cc1F)N1CCN(C(=O)c2ccncc2)CC1. The van der Waals surface area contributed by atoms with Crippen molar-refractivity contribution < 1.29 is 13.6 Å². The Hall–Kier alpha value is -2.34. The standard InChI is InChI=1S/C18H19F2N3O/c1-13(16-3-2-15(19)12-17(16)20)22-8-10-23(11-9-22)18(24)14-4-6-21-7-5-14/h2-7,12-13H,8-11H2,1H3. The largest absolute Gasteiger partial charge is 0.336 e. The Morgan fingerprint density at radius 2 is 1.75 bits per heavy atom. The molecule has 1 fully saturated rings. The first-order valence-corrected chi connectivity index (χ1v) is 7.94. The molecule has 1 amide bonds. The predicted octanol–water partition coefficient (Wildman–Crippen LogP) is 2.88. The van der Waals surface area contributed by atoms with Gasteiger partial charge in [0.25, 0.3) is 5.91 Å². The van der Waals surface area contributed by atoms with Crippen molar-refractivity contribution in [1.29, 1.82) is 0 Å². The summed E-state index contributed by atoms with van der Waals surface area (Å²) in [6, 6.07) is 6.91. The van der Waals surface area contributed by atoms with Gasteiger partial charge in [0.2, 0.25) is 0 Å². The summed E-state index contributed by atoms with van der Waals surface area (Å²) in [5.41, 5.74) is 1.10. The summed E-state index contributed by atoms with van der Waals surface area (Å²) < 4.78 is 27.0. The molecule has 24 heavy (non-hydrogen) atoms. The second kappa shape index (κ2) is 7.05. The van der Waals surface area contributed by atoms with Crippen LogP contribution in [-0.2, 0) is 0 Å². The first-order chi connectivity index (χ1) is 11.6. The van der Waals surface area contributed by atoms with E-state index in [1.54, 1.807) is 29.4 Å². The van der Waals surface area contributed by atoms with Crippen molar-refractivity contribution in [2.24, 2.45) is 0 Å². The number of pyridine rings is 1. The number of halogens is 2. The van der Waals surface area contributed by atoms with E-state index >= 15 is 0 Å². The Kier molecular flexibility index (Phi) is 4.85. The van der Waals surface area contributed by atoms with E-state index in [0.29, 0.717) is 37.3 Å². The molecule has 0 bridgehead atoms. The van der Waals surface area contributed by atoms with Crippen molar-refractivity contribution in [3.63, 3.8) is 0 Å². The number of hydrogen-bond acceptors (Lipinski definition) is 3. The number of nitrogens with zero attached hydrogens (tertiary/aromatic N) is 3. The molecule has 1 aliphatic heterocycles. The molecule has 1 aromatic heterocycles. The topological polar surface area (TPSA) is 36.4 Å². The summed E-state index contributed by atoms with van der Waals surface area (Å²) in [5.74, 6) is -1.12. The van der Waals surface area contributed by atoms with E-state index in [2.05, 4.69) is 9.88 Å². The van der Waals surface area contributed by atoms with Crippen molar-refractivity contribution in [2.45, 2.75) is 13.0 Å². The fraction of sp³-hybridized carbons (Fsp3) is 0.333. The summed E-state index contributed by atoms with van der Waals surface area (Å²) in [6.07, 6.45) is 3.20. The van der Waals surface area contributed by atoms with Crippen LogP contribution in [0.25, 0.3) is 0 Å². The highest BCUT2D eigenvalue weighted by atomic mass is 19.1. The molecule has 1 unspecified atom stereocenters. The van der Waals surface area contributed by atoms with Gasteiger partial charge in [0.05, 0.1) is 0 Å². The molecule has 1 saturated heterocycles. The molecule has 0 N–H and O–H groups in total. The van der Waals surface area contributed by atoms with Gasteiger partial charge in [-0.1, -0.05) is 6.07 Å². The van der Waals surface area contributed by atoms with Gasteiger partial charge < -0.3 is 4.90 Å². The molecule has 126 valence electrons. The van der Waals surface area contributed by atoms with E-state index in [-0.39, 0.29) is 11.9 Å². The van der Waals surface area contributed by atoms with Crippen LogP contribution < -0.4 is 0 Å². The third-order valence-corrected chi connectivity index (χ3v) is 4.49. The van der Waals surface area contributed by atoms with E-state index < -0.39 is 11.6 Å². The normalized spacial score (nSPS) is 16.9. The van der Waals surface area contributed by atoms with Crippen molar-refractivity contribution in [2.75, 3.05) is 26.2 Å². The maximum Gasteiger partial charge on any atom is 0.254 e. The molecule has 0 radical (unpaired) electrons. The van der Waals surface area contributed by atoms with Gasteiger partial charge >= 0.3 is 0 Å². The van der Waals surface area contributed by atoms with Gasteiger partial charge in [-0.25, -0.2) is 8.78 Å². The lowest BCUT2D eigenvalue weighted by Crippen LogP contribution is -2.49. The highest BCUT2D eigenvalue weighted by Gasteiger charge is 2.26. The van der Waals surface area contributed by atoms with Gasteiger partial charge in [0, 0.05) is 61.8 Å². The van der Waals surface area contributed by atoms with Gasteiger partial charge in [-0.2, -0.15) is 0 Å². The van der Waals surface area contributed by atoms with E-state index in [0.717, 1.165) is 6.07 Å². The first-order valence-electron chi connectivity index (χ1n) is 7.94. The van der Waals surface area contributed by atoms with E-state index in [4.69, 9.17) is 0 Å². The number of hydrogen-bond donors (Lipinski definition) is 0. The third-order valence-electron chi connectivity index (χ3n) is 4.49. The molecule has 1 atom stereocenters. The molecule has 2 heterocycles. The summed E-state index contributed by atoms with van der Waals surface area (Å²) >= 11 is 0. The number of carbonyl (C=O) groups is 1. The molecule has 2 aromatic rings. The maximum absolute atomic E-state index is 13.9. The van der Waals surface area contributed by atoms with Crippen molar-refractivity contribution in [3.8, 4) is 0 Å². The lowest BCUT2D eigenvalue weighted by atomic mass is 10.0. The first kappa shape index (κ1) is 16.5. The summed E-state index contributed by atoms with van der Waals surface area (Å²) in [7, 11) is 0. The molecule has 6 heteroatoms. The Morgan fingerprint density at radius 3 is 2.38 bits per heavy atom. The second-order valence-electron chi connectivity index (χ2n) is 5.91. The molecule has 0 saturated carbocycles. The Bertz CT molecular complexity index is 715. The molecular formula is C18H19F2N3O. The minimum absolute atomic E-state index is 0.0161. The predicted molar refractivity (Wildman–Crippen MR) is 86.5 cm³/mol. The number of aromatic nitrogens is 1. The van der Waals surface area contributed by atoms with E-state index in [9.17, 15) is 13.6 Å². The highest BCUT2D eigenvalue weighted by molar-refractivity contribution is 5.94. The Morgan fingerprint density at radius 1 is 1.08 bits per heavy atom. The molecule has 1 aromatic carbocycles. The smallest absolute Gasteiger partial charge is 0.254 e. The molecule has 3 rings (SSSR count). The number of amides is 1. The Balaban J connectivity index is 1.63. The molecule has 4 nitrogen and oxygen atoms in total. The van der Waals surface area contributed by atoms with Crippen LogP contribution in [0.3, 0.4) is 0 Å². The maximum atomic E-state index is 13.9. The fourth-order valence-electron chi connectivity index (χ4n) is 3.03. The van der Waals surface area contributed by atoms with Crippen molar-refractivity contribution in [1.82, 2.24) is 14.8 Å². The van der Waals surface area contributed by atoms with Crippen molar-refractivity contribution >= 4 is 5.91 Å². The third kappa shape index (κ3) is 3.43. The van der Waals surface area contributed by atoms with Crippen LogP contribution in [0.15, 0.2) is 42.7 Å². The van der Waals surface area contributed by atoms with E-state index in [1.807, 2.05) is 6.92 Å². The van der Waals surface area contributed by atoms with Crippen LogP contribution >= 0.6 is 0 Å². The molecule has 0 aliphatic carbocycles. The fourth-order valence-corrected chi connectivity index (χ4v) is 3.03. The minimum Gasteiger partial charge on any atom is -0.336 e. The number of rotatable bonds is 3. The van der Waals surface area contributed by atoms with Crippen LogP contribution in [-0.4, -0.2) is 46.9 Å². The molecule has 0 spiro atoms. The summed E-state index contributed by atoms with van der Waals surface area (Å²) in [6.45, 7) is 4.35. The highest BCUT2D eigenvalue weighted by Crippen LogP contribution is 2.25. The minimum atomic E-state index is -0.573. The van der Waals surface area contributed by atoms with Crippen LogP contribution in [0.5, 0.6) is 0 Å². The molecule has 1 aliphatic rings.